The monoisotopic (exact) mass is 169 g/mol. The highest BCUT2D eigenvalue weighted by Crippen LogP contribution is 2.33. The van der Waals surface area contributed by atoms with Gasteiger partial charge in [-0.25, -0.2) is 0 Å². The molecule has 0 aromatic carbocycles. The Kier molecular flexibility index (Phi) is 4.67. The van der Waals surface area contributed by atoms with Crippen molar-refractivity contribution >= 4 is 0 Å². The summed E-state index contributed by atoms with van der Waals surface area (Å²) >= 11 is 0. The van der Waals surface area contributed by atoms with Gasteiger partial charge in [-0.05, 0) is 32.1 Å². The third-order valence-corrected chi connectivity index (χ3v) is 2.56. The molecular weight excluding hydrogens is 148 g/mol. The smallest absolute Gasteiger partial charge is 0.0575 e. The predicted octanol–water partition coefficient (Wildman–Crippen LogP) is 3.20. The molecule has 1 radical (unpaired) electrons. The van der Waals surface area contributed by atoms with E-state index in [1.54, 1.807) is 0 Å². The second-order valence-corrected chi connectivity index (χ2v) is 3.83. The highest BCUT2D eigenvalue weighted by molar-refractivity contribution is 4.78. The van der Waals surface area contributed by atoms with Gasteiger partial charge in [0, 0.05) is 6.61 Å². The number of unbranched alkanes of at least 4 members (excludes halogenated alkanes) is 3. The fourth-order valence-corrected chi connectivity index (χ4v) is 1.43. The second kappa shape index (κ2) is 5.58. The lowest BCUT2D eigenvalue weighted by Crippen LogP contribution is -2.11. The van der Waals surface area contributed by atoms with Crippen LogP contribution in [0.15, 0.2) is 0 Å². The predicted molar refractivity (Wildman–Crippen MR) is 52.0 cm³/mol. The van der Waals surface area contributed by atoms with Gasteiger partial charge in [0.15, 0.2) is 0 Å². The van der Waals surface area contributed by atoms with Crippen molar-refractivity contribution < 1.29 is 4.74 Å². The molecule has 1 heteroatoms. The summed E-state index contributed by atoms with van der Waals surface area (Å²) in [6, 6.07) is 0. The molecule has 1 rings (SSSR count). The lowest BCUT2D eigenvalue weighted by molar-refractivity contribution is 0.0487. The quantitative estimate of drug-likeness (QED) is 0.532. The first-order valence-corrected chi connectivity index (χ1v) is 5.25. The number of hydrogen-bond donors (Lipinski definition) is 0. The minimum atomic E-state index is 0.518. The molecule has 1 atom stereocenters. The highest BCUT2D eigenvalue weighted by atomic mass is 16.5. The summed E-state index contributed by atoms with van der Waals surface area (Å²) in [7, 11) is 0. The molecule has 0 bridgehead atoms. The Morgan fingerprint density at radius 1 is 1.33 bits per heavy atom. The summed E-state index contributed by atoms with van der Waals surface area (Å²) in [5.41, 5.74) is 0. The van der Waals surface area contributed by atoms with E-state index < -0.39 is 0 Å². The van der Waals surface area contributed by atoms with Crippen molar-refractivity contribution in [1.29, 1.82) is 0 Å². The average molecular weight is 169 g/mol. The Hall–Kier alpha value is -0.0400. The third kappa shape index (κ3) is 4.10. The van der Waals surface area contributed by atoms with Gasteiger partial charge in [-0.15, -0.1) is 0 Å². The van der Waals surface area contributed by atoms with E-state index in [9.17, 15) is 0 Å². The average Bonchev–Trinajstić information content (AvgIpc) is 2.86. The maximum atomic E-state index is 5.69. The molecule has 12 heavy (non-hydrogen) atoms. The zero-order chi connectivity index (χ0) is 8.81. The maximum Gasteiger partial charge on any atom is 0.0575 e. The molecule has 0 spiro atoms. The van der Waals surface area contributed by atoms with Crippen molar-refractivity contribution in [2.75, 3.05) is 6.61 Å². The molecule has 1 saturated carbocycles. The first kappa shape index (κ1) is 10.0. The third-order valence-electron chi connectivity index (χ3n) is 2.56. The summed E-state index contributed by atoms with van der Waals surface area (Å²) in [6.45, 7) is 6.98. The van der Waals surface area contributed by atoms with Crippen molar-refractivity contribution in [3.05, 3.63) is 6.92 Å². The van der Waals surface area contributed by atoms with Crippen LogP contribution in [0.1, 0.15) is 45.4 Å². The van der Waals surface area contributed by atoms with Crippen LogP contribution in [0.5, 0.6) is 0 Å². The van der Waals surface area contributed by atoms with Crippen molar-refractivity contribution in [1.82, 2.24) is 0 Å². The Morgan fingerprint density at radius 3 is 2.67 bits per heavy atom. The number of hydrogen-bond acceptors (Lipinski definition) is 1. The first-order valence-electron chi connectivity index (χ1n) is 5.25. The molecule has 0 aromatic rings. The Labute approximate surface area is 76.5 Å². The molecule has 0 heterocycles. The van der Waals surface area contributed by atoms with Crippen molar-refractivity contribution in [3.8, 4) is 0 Å². The SMILES string of the molecule is [CH2]CCCCCOC(C)C1CC1. The Bertz CT molecular complexity index is 108. The molecule has 1 aliphatic carbocycles. The summed E-state index contributed by atoms with van der Waals surface area (Å²) in [5, 5.41) is 0. The van der Waals surface area contributed by atoms with Crippen LogP contribution in [0.4, 0.5) is 0 Å². The van der Waals surface area contributed by atoms with E-state index in [2.05, 4.69) is 13.8 Å². The van der Waals surface area contributed by atoms with Crippen LogP contribution in [0.25, 0.3) is 0 Å². The molecule has 1 fully saturated rings. The van der Waals surface area contributed by atoms with Crippen molar-refractivity contribution in [2.45, 2.75) is 51.6 Å². The van der Waals surface area contributed by atoms with Crippen LogP contribution in [-0.4, -0.2) is 12.7 Å². The minimum absolute atomic E-state index is 0.518. The molecule has 0 saturated heterocycles. The van der Waals surface area contributed by atoms with Gasteiger partial charge in [-0.1, -0.05) is 26.2 Å². The van der Waals surface area contributed by atoms with E-state index in [0.29, 0.717) is 6.10 Å². The van der Waals surface area contributed by atoms with E-state index in [1.807, 2.05) is 0 Å². The van der Waals surface area contributed by atoms with Gasteiger partial charge in [0.05, 0.1) is 6.10 Å². The van der Waals surface area contributed by atoms with Crippen LogP contribution in [0, 0.1) is 12.8 Å². The molecular formula is C11H21O. The van der Waals surface area contributed by atoms with E-state index in [1.165, 1.54) is 32.1 Å². The molecule has 1 aliphatic rings. The summed E-state index contributed by atoms with van der Waals surface area (Å²) in [4.78, 5) is 0. The van der Waals surface area contributed by atoms with E-state index in [4.69, 9.17) is 4.74 Å². The number of rotatable bonds is 7. The standard InChI is InChI=1S/C11H21O/c1-3-4-5-6-9-12-10(2)11-7-8-11/h10-11H,1,3-9H2,2H3. The normalized spacial score (nSPS) is 19.5. The van der Waals surface area contributed by atoms with Crippen LogP contribution in [0.2, 0.25) is 0 Å². The summed E-state index contributed by atoms with van der Waals surface area (Å²) < 4.78 is 5.69. The van der Waals surface area contributed by atoms with Gasteiger partial charge in [-0.3, -0.25) is 0 Å². The fraction of sp³-hybridized carbons (Fsp3) is 0.909. The highest BCUT2D eigenvalue weighted by Gasteiger charge is 2.28. The zero-order valence-electron chi connectivity index (χ0n) is 8.22. The molecule has 0 N–H and O–H groups in total. The maximum absolute atomic E-state index is 5.69. The summed E-state index contributed by atoms with van der Waals surface area (Å²) in [6.07, 6.45) is 8.11. The van der Waals surface area contributed by atoms with Gasteiger partial charge in [0.1, 0.15) is 0 Å². The molecule has 1 unspecified atom stereocenters. The van der Waals surface area contributed by atoms with Gasteiger partial charge >= 0.3 is 0 Å². The van der Waals surface area contributed by atoms with Crippen molar-refractivity contribution in [3.63, 3.8) is 0 Å². The van der Waals surface area contributed by atoms with Crippen LogP contribution >= 0.6 is 0 Å². The number of ether oxygens (including phenoxy) is 1. The van der Waals surface area contributed by atoms with Gasteiger partial charge in [0.2, 0.25) is 0 Å². The summed E-state index contributed by atoms with van der Waals surface area (Å²) in [5.74, 6) is 0.887. The second-order valence-electron chi connectivity index (χ2n) is 3.83. The van der Waals surface area contributed by atoms with Crippen molar-refractivity contribution in [2.24, 2.45) is 5.92 Å². The first-order chi connectivity index (χ1) is 5.84. The topological polar surface area (TPSA) is 9.23 Å². The van der Waals surface area contributed by atoms with Gasteiger partial charge in [0.25, 0.3) is 0 Å². The zero-order valence-corrected chi connectivity index (χ0v) is 8.22. The fourth-order valence-electron chi connectivity index (χ4n) is 1.43. The largest absolute Gasteiger partial charge is 0.378 e. The molecule has 0 amide bonds. The van der Waals surface area contributed by atoms with Crippen LogP contribution in [0.3, 0.4) is 0 Å². The molecule has 71 valence electrons. The minimum Gasteiger partial charge on any atom is -0.378 e. The van der Waals surface area contributed by atoms with Gasteiger partial charge < -0.3 is 4.74 Å². The van der Waals surface area contributed by atoms with Crippen LogP contribution < -0.4 is 0 Å². The lowest BCUT2D eigenvalue weighted by Gasteiger charge is -2.11. The molecule has 1 nitrogen and oxygen atoms in total. The molecule has 0 aliphatic heterocycles. The van der Waals surface area contributed by atoms with Crippen LogP contribution in [-0.2, 0) is 4.74 Å². The van der Waals surface area contributed by atoms with E-state index in [-0.39, 0.29) is 0 Å². The Balaban J connectivity index is 1.81. The lowest BCUT2D eigenvalue weighted by atomic mass is 10.2. The van der Waals surface area contributed by atoms with E-state index in [0.717, 1.165) is 18.9 Å². The molecule has 0 aromatic heterocycles. The Morgan fingerprint density at radius 2 is 2.08 bits per heavy atom. The van der Waals surface area contributed by atoms with Gasteiger partial charge in [-0.2, -0.15) is 0 Å². The van der Waals surface area contributed by atoms with E-state index >= 15 is 0 Å².